The predicted molar refractivity (Wildman–Crippen MR) is 115 cm³/mol. The second-order valence-electron chi connectivity index (χ2n) is 6.65. The normalized spacial score (nSPS) is 11.5. The van der Waals surface area contributed by atoms with Crippen LogP contribution in [0.4, 0.5) is 0 Å². The summed E-state index contributed by atoms with van der Waals surface area (Å²) in [4.78, 5) is 38.5. The van der Waals surface area contributed by atoms with Gasteiger partial charge in [0.2, 0.25) is 4.96 Å². The molecule has 0 spiro atoms. The first-order chi connectivity index (χ1) is 14.5. The van der Waals surface area contributed by atoms with E-state index in [1.165, 1.54) is 39.7 Å². The van der Waals surface area contributed by atoms with Crippen molar-refractivity contribution in [2.24, 2.45) is 0 Å². The van der Waals surface area contributed by atoms with Gasteiger partial charge in [0.1, 0.15) is 5.01 Å². The summed E-state index contributed by atoms with van der Waals surface area (Å²) in [5, 5.41) is 8.21. The summed E-state index contributed by atoms with van der Waals surface area (Å²) in [5.41, 5.74) is 2.56. The van der Waals surface area contributed by atoms with Crippen LogP contribution < -0.4 is 11.1 Å². The molecule has 30 heavy (non-hydrogen) atoms. The van der Waals surface area contributed by atoms with Crippen molar-refractivity contribution in [3.05, 3.63) is 73.4 Å². The van der Waals surface area contributed by atoms with Crippen molar-refractivity contribution >= 4 is 33.7 Å². The highest BCUT2D eigenvalue weighted by Gasteiger charge is 2.14. The molecule has 11 heteroatoms. The average molecular weight is 438 g/mol. The van der Waals surface area contributed by atoms with Gasteiger partial charge in [-0.15, -0.1) is 0 Å². The zero-order chi connectivity index (χ0) is 20.8. The molecule has 5 rings (SSSR count). The van der Waals surface area contributed by atoms with E-state index in [2.05, 4.69) is 25.1 Å². The number of aryl methyl sites for hydroxylation is 2. The molecule has 0 fully saturated rings. The molecule has 0 aliphatic rings. The molecule has 150 valence electrons. The first-order valence-corrected chi connectivity index (χ1v) is 10.8. The van der Waals surface area contributed by atoms with Crippen LogP contribution in [0.25, 0.3) is 22.0 Å². The van der Waals surface area contributed by atoms with Gasteiger partial charge in [-0.2, -0.15) is 9.61 Å². The SMILES string of the molecule is Cc1nn2c(=O)cc(CSc3nc(-c4ccccc4C)nc4cc(=O)[nH]n34)nc2s1. The topological polar surface area (TPSA) is 110 Å². The maximum Gasteiger partial charge on any atom is 0.275 e. The second-order valence-corrected chi connectivity index (χ2v) is 8.75. The molecular formula is C19H15N7O2S2. The summed E-state index contributed by atoms with van der Waals surface area (Å²) in [6.45, 7) is 3.82. The summed E-state index contributed by atoms with van der Waals surface area (Å²) in [6, 6.07) is 10.7. The Kier molecular flexibility index (Phi) is 4.48. The summed E-state index contributed by atoms with van der Waals surface area (Å²) >= 11 is 2.73. The van der Waals surface area contributed by atoms with E-state index in [9.17, 15) is 9.59 Å². The minimum absolute atomic E-state index is 0.220. The highest BCUT2D eigenvalue weighted by molar-refractivity contribution is 7.98. The van der Waals surface area contributed by atoms with Crippen LogP contribution in [0.15, 0.2) is 51.1 Å². The lowest BCUT2D eigenvalue weighted by Gasteiger charge is -2.09. The van der Waals surface area contributed by atoms with E-state index >= 15 is 0 Å². The third-order valence-corrected chi connectivity index (χ3v) is 6.25. The predicted octanol–water partition coefficient (Wildman–Crippen LogP) is 2.46. The first-order valence-electron chi connectivity index (χ1n) is 9.03. The molecule has 0 amide bonds. The molecule has 0 aliphatic heterocycles. The zero-order valence-corrected chi connectivity index (χ0v) is 17.6. The van der Waals surface area contributed by atoms with Crippen molar-refractivity contribution in [3.8, 4) is 11.4 Å². The van der Waals surface area contributed by atoms with Crippen LogP contribution >= 0.6 is 23.1 Å². The molecule has 1 N–H and O–H groups in total. The molecule has 0 aliphatic carbocycles. The van der Waals surface area contributed by atoms with Crippen LogP contribution in [-0.2, 0) is 5.75 Å². The molecular weight excluding hydrogens is 422 g/mol. The molecule has 0 radical (unpaired) electrons. The largest absolute Gasteiger partial charge is 0.275 e. The minimum Gasteiger partial charge on any atom is -0.268 e. The van der Waals surface area contributed by atoms with Gasteiger partial charge >= 0.3 is 0 Å². The lowest BCUT2D eigenvalue weighted by Crippen LogP contribution is -2.15. The molecule has 0 unspecified atom stereocenters. The summed E-state index contributed by atoms with van der Waals surface area (Å²) in [7, 11) is 0. The quantitative estimate of drug-likeness (QED) is 0.430. The van der Waals surface area contributed by atoms with Gasteiger partial charge in [0.15, 0.2) is 16.6 Å². The van der Waals surface area contributed by atoms with Gasteiger partial charge in [0.25, 0.3) is 11.1 Å². The number of nitrogens with one attached hydrogen (secondary N) is 1. The monoisotopic (exact) mass is 437 g/mol. The van der Waals surface area contributed by atoms with Gasteiger partial charge in [-0.3, -0.25) is 14.7 Å². The number of rotatable bonds is 4. The summed E-state index contributed by atoms with van der Waals surface area (Å²) in [5.74, 6) is 0.943. The number of nitrogens with zero attached hydrogens (tertiary/aromatic N) is 6. The van der Waals surface area contributed by atoms with Gasteiger partial charge in [-0.25, -0.2) is 19.5 Å². The van der Waals surface area contributed by atoms with Crippen LogP contribution in [0, 0.1) is 13.8 Å². The van der Waals surface area contributed by atoms with Crippen molar-refractivity contribution in [1.82, 2.24) is 34.2 Å². The summed E-state index contributed by atoms with van der Waals surface area (Å²) < 4.78 is 2.85. The van der Waals surface area contributed by atoms with Gasteiger partial charge in [-0.1, -0.05) is 47.4 Å². The van der Waals surface area contributed by atoms with Crippen LogP contribution in [0.1, 0.15) is 16.3 Å². The van der Waals surface area contributed by atoms with Gasteiger partial charge in [-0.05, 0) is 19.4 Å². The van der Waals surface area contributed by atoms with Crippen LogP contribution in [0.2, 0.25) is 0 Å². The number of H-pyrrole nitrogens is 1. The zero-order valence-electron chi connectivity index (χ0n) is 16.0. The number of hydrogen-bond acceptors (Lipinski definition) is 8. The van der Waals surface area contributed by atoms with E-state index in [4.69, 9.17) is 0 Å². The van der Waals surface area contributed by atoms with E-state index < -0.39 is 0 Å². The lowest BCUT2D eigenvalue weighted by molar-refractivity contribution is 0.765. The number of benzene rings is 1. The van der Waals surface area contributed by atoms with Crippen LogP contribution in [-0.4, -0.2) is 34.2 Å². The van der Waals surface area contributed by atoms with Gasteiger partial charge in [0.05, 0.1) is 5.69 Å². The Morgan fingerprint density at radius 3 is 2.77 bits per heavy atom. The number of fused-ring (bicyclic) bond motifs is 2. The van der Waals surface area contributed by atoms with E-state index in [0.717, 1.165) is 16.1 Å². The Balaban J connectivity index is 1.56. The van der Waals surface area contributed by atoms with Crippen molar-refractivity contribution in [3.63, 3.8) is 0 Å². The maximum absolute atomic E-state index is 12.3. The Labute approximate surface area is 177 Å². The second kappa shape index (κ2) is 7.18. The Bertz CT molecular complexity index is 1530. The van der Waals surface area contributed by atoms with Crippen molar-refractivity contribution in [2.45, 2.75) is 24.8 Å². The molecule has 0 bridgehead atoms. The smallest absolute Gasteiger partial charge is 0.268 e. The van der Waals surface area contributed by atoms with E-state index in [1.807, 2.05) is 38.1 Å². The Morgan fingerprint density at radius 1 is 1.10 bits per heavy atom. The Hall–Kier alpha value is -3.31. The average Bonchev–Trinajstić information content (AvgIpc) is 3.27. The maximum atomic E-state index is 12.3. The van der Waals surface area contributed by atoms with Crippen molar-refractivity contribution in [2.75, 3.05) is 0 Å². The van der Waals surface area contributed by atoms with Crippen molar-refractivity contribution < 1.29 is 0 Å². The van der Waals surface area contributed by atoms with Crippen molar-refractivity contribution in [1.29, 1.82) is 0 Å². The number of aromatic amines is 1. The Morgan fingerprint density at radius 2 is 1.93 bits per heavy atom. The molecule has 5 aromatic rings. The highest BCUT2D eigenvalue weighted by Crippen LogP contribution is 2.25. The standard InChI is InChI=1S/C19H15N7O2S2/c1-10-5-3-4-6-13(10)17-21-14-8-15(27)24-25(14)18(22-17)29-9-12-7-16(28)26-19(20-12)30-11(2)23-26/h3-8H,9H2,1-2H3,(H,24,27). The van der Waals surface area contributed by atoms with Gasteiger partial charge < -0.3 is 0 Å². The number of aromatic nitrogens is 7. The third kappa shape index (κ3) is 3.31. The highest BCUT2D eigenvalue weighted by atomic mass is 32.2. The molecule has 1 aromatic carbocycles. The molecule has 0 saturated heterocycles. The van der Waals surface area contributed by atoms with E-state index in [1.54, 1.807) is 4.52 Å². The molecule has 4 heterocycles. The first kappa shape index (κ1) is 18.7. The molecule has 4 aromatic heterocycles. The molecule has 0 atom stereocenters. The van der Waals surface area contributed by atoms with Gasteiger partial charge in [0, 0.05) is 23.4 Å². The summed E-state index contributed by atoms with van der Waals surface area (Å²) in [6.07, 6.45) is 0. The van der Waals surface area contributed by atoms with Crippen LogP contribution in [0.5, 0.6) is 0 Å². The molecule has 0 saturated carbocycles. The van der Waals surface area contributed by atoms with E-state index in [-0.39, 0.29) is 11.1 Å². The molecule has 9 nitrogen and oxygen atoms in total. The van der Waals surface area contributed by atoms with Crippen LogP contribution in [0.3, 0.4) is 0 Å². The lowest BCUT2D eigenvalue weighted by atomic mass is 10.1. The number of thioether (sulfide) groups is 1. The fourth-order valence-corrected chi connectivity index (χ4v) is 4.70. The fourth-order valence-electron chi connectivity index (χ4n) is 3.09. The third-order valence-electron chi connectivity index (χ3n) is 4.46. The minimum atomic E-state index is -0.258. The number of hydrogen-bond donors (Lipinski definition) is 1. The van der Waals surface area contributed by atoms with E-state index in [0.29, 0.717) is 33.0 Å². The fraction of sp³-hybridized carbons (Fsp3) is 0.158.